The van der Waals surface area contributed by atoms with E-state index < -0.39 is 0 Å². The molecule has 1 heterocycles. The van der Waals surface area contributed by atoms with E-state index >= 15 is 0 Å². The molecule has 0 spiro atoms. The van der Waals surface area contributed by atoms with Gasteiger partial charge in [-0.15, -0.1) is 0 Å². The number of ether oxygens (including phenoxy) is 2. The summed E-state index contributed by atoms with van der Waals surface area (Å²) < 4.78 is 15.0. The van der Waals surface area contributed by atoms with Crippen molar-refractivity contribution in [3.8, 4) is 17.2 Å². The van der Waals surface area contributed by atoms with Gasteiger partial charge >= 0.3 is 0 Å². The maximum Gasteiger partial charge on any atom is 0.297 e. The molecule has 33 heavy (non-hydrogen) atoms. The van der Waals surface area contributed by atoms with E-state index in [0.29, 0.717) is 27.8 Å². The Labute approximate surface area is 197 Å². The van der Waals surface area contributed by atoms with Crippen molar-refractivity contribution >= 4 is 23.5 Å². The number of hydrogen-bond donors (Lipinski definition) is 0. The lowest BCUT2D eigenvalue weighted by Gasteiger charge is -2.13. The fourth-order valence-electron chi connectivity index (χ4n) is 3.55. The average molecular weight is 462 g/mol. The number of halogens is 1. The maximum atomic E-state index is 13.1. The largest absolute Gasteiger partial charge is 0.493 e. The number of para-hydroxylation sites is 2. The molecule has 0 aliphatic heterocycles. The number of benzene rings is 3. The second-order valence-electron chi connectivity index (χ2n) is 7.43. The summed E-state index contributed by atoms with van der Waals surface area (Å²) >= 11 is 6.27. The minimum absolute atomic E-state index is 0.195. The smallest absolute Gasteiger partial charge is 0.297 e. The van der Waals surface area contributed by atoms with E-state index in [0.717, 1.165) is 16.9 Å². The summed E-state index contributed by atoms with van der Waals surface area (Å²) in [7, 11) is 3.42. The van der Waals surface area contributed by atoms with Crippen molar-refractivity contribution < 1.29 is 9.47 Å². The van der Waals surface area contributed by atoms with Crippen molar-refractivity contribution in [3.05, 3.63) is 105 Å². The van der Waals surface area contributed by atoms with Crippen LogP contribution in [0, 0.1) is 6.92 Å². The Morgan fingerprint density at radius 2 is 1.73 bits per heavy atom. The van der Waals surface area contributed by atoms with E-state index in [9.17, 15) is 4.79 Å². The quantitative estimate of drug-likeness (QED) is 0.342. The van der Waals surface area contributed by atoms with Gasteiger partial charge in [0.25, 0.3) is 5.56 Å². The van der Waals surface area contributed by atoms with Crippen LogP contribution < -0.4 is 15.0 Å². The minimum atomic E-state index is -0.195. The summed E-state index contributed by atoms with van der Waals surface area (Å²) in [6.07, 6.45) is 1.63. The van der Waals surface area contributed by atoms with Gasteiger partial charge in [-0.3, -0.25) is 9.48 Å². The van der Waals surface area contributed by atoms with Gasteiger partial charge in [0.15, 0.2) is 17.2 Å². The van der Waals surface area contributed by atoms with Crippen molar-refractivity contribution in [2.45, 2.75) is 13.5 Å². The molecule has 0 unspecified atom stereocenters. The van der Waals surface area contributed by atoms with Crippen LogP contribution in [0.4, 0.5) is 5.69 Å². The molecular weight excluding hydrogens is 438 g/mol. The predicted octanol–water partition coefficient (Wildman–Crippen LogP) is 5.48. The third-order valence-corrected chi connectivity index (χ3v) is 5.78. The molecular formula is C26H24ClN3O3. The highest BCUT2D eigenvalue weighted by molar-refractivity contribution is 6.31. The molecule has 1 aromatic heterocycles. The molecule has 0 atom stereocenters. The van der Waals surface area contributed by atoms with Crippen LogP contribution in [0.3, 0.4) is 0 Å². The molecule has 0 aliphatic rings. The van der Waals surface area contributed by atoms with Crippen molar-refractivity contribution in [1.29, 1.82) is 0 Å². The first-order valence-electron chi connectivity index (χ1n) is 10.4. The lowest BCUT2D eigenvalue weighted by Crippen LogP contribution is -2.19. The molecule has 4 rings (SSSR count). The molecule has 0 saturated heterocycles. The van der Waals surface area contributed by atoms with Gasteiger partial charge < -0.3 is 9.47 Å². The van der Waals surface area contributed by atoms with E-state index in [1.54, 1.807) is 22.7 Å². The summed E-state index contributed by atoms with van der Waals surface area (Å²) in [6, 6.07) is 22.5. The number of nitrogens with zero attached hydrogens (tertiary/aromatic N) is 3. The van der Waals surface area contributed by atoms with E-state index in [2.05, 4.69) is 4.99 Å². The normalized spacial score (nSPS) is 11.2. The van der Waals surface area contributed by atoms with Gasteiger partial charge in [-0.1, -0.05) is 54.1 Å². The molecule has 6 nitrogen and oxygen atoms in total. The van der Waals surface area contributed by atoms with Crippen LogP contribution in [0.15, 0.2) is 82.6 Å². The maximum absolute atomic E-state index is 13.1. The van der Waals surface area contributed by atoms with Crippen molar-refractivity contribution in [1.82, 2.24) is 9.36 Å². The highest BCUT2D eigenvalue weighted by Crippen LogP contribution is 2.32. The van der Waals surface area contributed by atoms with Crippen LogP contribution in [0.2, 0.25) is 5.02 Å². The number of aliphatic imine (C=N–C) groups is 1. The Hall–Kier alpha value is -3.77. The van der Waals surface area contributed by atoms with Crippen LogP contribution in [-0.4, -0.2) is 22.7 Å². The predicted molar refractivity (Wildman–Crippen MR) is 132 cm³/mol. The number of rotatable bonds is 7. The number of methoxy groups -OCH3 is 1. The average Bonchev–Trinajstić information content (AvgIpc) is 3.05. The van der Waals surface area contributed by atoms with Gasteiger partial charge in [-0.25, -0.2) is 9.67 Å². The third kappa shape index (κ3) is 4.56. The Bertz CT molecular complexity index is 1360. The molecule has 0 bridgehead atoms. The van der Waals surface area contributed by atoms with Crippen LogP contribution in [0.1, 0.15) is 16.8 Å². The Balaban J connectivity index is 1.69. The zero-order valence-corrected chi connectivity index (χ0v) is 19.4. The highest BCUT2D eigenvalue weighted by atomic mass is 35.5. The minimum Gasteiger partial charge on any atom is -0.493 e. The number of aromatic nitrogens is 2. The lowest BCUT2D eigenvalue weighted by molar-refractivity contribution is 0.284. The lowest BCUT2D eigenvalue weighted by atomic mass is 10.2. The zero-order chi connectivity index (χ0) is 23.4. The van der Waals surface area contributed by atoms with Crippen molar-refractivity contribution in [3.63, 3.8) is 0 Å². The monoisotopic (exact) mass is 461 g/mol. The molecule has 4 aromatic rings. The van der Waals surface area contributed by atoms with Gasteiger partial charge in [0.2, 0.25) is 0 Å². The van der Waals surface area contributed by atoms with Gasteiger partial charge in [-0.05, 0) is 37.3 Å². The van der Waals surface area contributed by atoms with Gasteiger partial charge in [0.05, 0.1) is 18.5 Å². The van der Waals surface area contributed by atoms with Crippen molar-refractivity contribution in [2.24, 2.45) is 12.0 Å². The first kappa shape index (κ1) is 22.4. The Kier molecular flexibility index (Phi) is 6.66. The second-order valence-corrected chi connectivity index (χ2v) is 7.83. The van der Waals surface area contributed by atoms with Crippen LogP contribution in [-0.2, 0) is 13.7 Å². The summed E-state index contributed by atoms with van der Waals surface area (Å²) in [5, 5.41) is 0.629. The summed E-state index contributed by atoms with van der Waals surface area (Å²) in [5.41, 5.74) is 3.24. The zero-order valence-electron chi connectivity index (χ0n) is 18.7. The molecule has 0 saturated carbocycles. The standard InChI is InChI=1S/C26H24ClN3O3/c1-18-24(26(31)30(29(18)2)21-12-5-4-6-13-21)28-16-19-11-9-15-23(32-3)25(19)33-17-20-10-7-8-14-22(20)27/h4-16H,17H2,1-3H3. The van der Waals surface area contributed by atoms with E-state index in [1.165, 1.54) is 0 Å². The summed E-state index contributed by atoms with van der Waals surface area (Å²) in [5.74, 6) is 1.10. The molecule has 0 fully saturated rings. The fourth-order valence-corrected chi connectivity index (χ4v) is 3.74. The summed E-state index contributed by atoms with van der Waals surface area (Å²) in [4.78, 5) is 17.7. The van der Waals surface area contributed by atoms with Gasteiger partial charge in [0, 0.05) is 29.4 Å². The SMILES string of the molecule is COc1cccc(C=Nc2c(C)n(C)n(-c3ccccc3)c2=O)c1OCc1ccccc1Cl. The Morgan fingerprint density at radius 1 is 1.00 bits per heavy atom. The topological polar surface area (TPSA) is 57.8 Å². The molecule has 0 radical (unpaired) electrons. The first-order valence-corrected chi connectivity index (χ1v) is 10.8. The molecule has 7 heteroatoms. The molecule has 0 N–H and O–H groups in total. The molecule has 0 aliphatic carbocycles. The number of hydrogen-bond acceptors (Lipinski definition) is 4. The Morgan fingerprint density at radius 3 is 2.45 bits per heavy atom. The molecule has 3 aromatic carbocycles. The van der Waals surface area contributed by atoms with Crippen LogP contribution in [0.5, 0.6) is 11.5 Å². The molecule has 168 valence electrons. The van der Waals surface area contributed by atoms with Crippen LogP contribution in [0.25, 0.3) is 5.69 Å². The van der Waals surface area contributed by atoms with Crippen molar-refractivity contribution in [2.75, 3.05) is 7.11 Å². The van der Waals surface area contributed by atoms with E-state index in [1.807, 2.05) is 86.8 Å². The van der Waals surface area contributed by atoms with Gasteiger partial charge in [-0.2, -0.15) is 0 Å². The third-order valence-electron chi connectivity index (χ3n) is 5.42. The first-order chi connectivity index (χ1) is 16.0. The molecule has 0 amide bonds. The summed E-state index contributed by atoms with van der Waals surface area (Å²) in [6.45, 7) is 2.14. The second kappa shape index (κ2) is 9.79. The fraction of sp³-hybridized carbons (Fsp3) is 0.154. The highest BCUT2D eigenvalue weighted by Gasteiger charge is 2.16. The van der Waals surface area contributed by atoms with Gasteiger partial charge in [0.1, 0.15) is 6.61 Å². The van der Waals surface area contributed by atoms with E-state index in [-0.39, 0.29) is 12.2 Å². The van der Waals surface area contributed by atoms with E-state index in [4.69, 9.17) is 21.1 Å². The van der Waals surface area contributed by atoms with Crippen LogP contribution >= 0.6 is 11.6 Å².